The summed E-state index contributed by atoms with van der Waals surface area (Å²) >= 11 is 0. The van der Waals surface area contributed by atoms with Crippen molar-refractivity contribution in [2.45, 2.75) is 39.4 Å². The number of fused-ring (bicyclic) bond motifs is 1. The Labute approximate surface area is 244 Å². The molecule has 218 valence electrons. The van der Waals surface area contributed by atoms with Crippen LogP contribution < -0.4 is 5.32 Å². The maximum absolute atomic E-state index is 14.0. The number of likely N-dealkylation sites (N-methyl/N-ethyl adjacent to an activating group) is 1. The molecular weight excluding hydrogens is 539 g/mol. The van der Waals surface area contributed by atoms with E-state index in [0.29, 0.717) is 35.8 Å². The van der Waals surface area contributed by atoms with Gasteiger partial charge in [-0.05, 0) is 78.9 Å². The number of nitrogens with one attached hydrogen (secondary N) is 1. The fourth-order valence-electron chi connectivity index (χ4n) is 4.98. The molecule has 0 atom stereocenters. The molecule has 1 aliphatic rings. The van der Waals surface area contributed by atoms with Crippen LogP contribution in [0.4, 0.5) is 18.9 Å². The number of piperazine rings is 1. The molecule has 9 heteroatoms. The summed E-state index contributed by atoms with van der Waals surface area (Å²) in [6, 6.07) is 13.2. The predicted octanol–water partition coefficient (Wildman–Crippen LogP) is 6.18. The zero-order valence-electron chi connectivity index (χ0n) is 24.2. The van der Waals surface area contributed by atoms with Crippen LogP contribution in [0.2, 0.25) is 0 Å². The van der Waals surface area contributed by atoms with Gasteiger partial charge in [0.05, 0.1) is 11.8 Å². The van der Waals surface area contributed by atoms with E-state index in [0.717, 1.165) is 30.4 Å². The summed E-state index contributed by atoms with van der Waals surface area (Å²) in [6.07, 6.45) is -0.878. The lowest BCUT2D eigenvalue weighted by molar-refractivity contribution is -0.138. The van der Waals surface area contributed by atoms with Crippen molar-refractivity contribution in [3.8, 4) is 11.8 Å². The van der Waals surface area contributed by atoms with E-state index in [-0.39, 0.29) is 17.8 Å². The molecular formula is C33H34F3N5O. The highest BCUT2D eigenvalue weighted by Gasteiger charge is 2.34. The van der Waals surface area contributed by atoms with Gasteiger partial charge in [-0.3, -0.25) is 14.1 Å². The van der Waals surface area contributed by atoms with Crippen LogP contribution in [0.3, 0.4) is 0 Å². The Balaban J connectivity index is 1.34. The second kappa shape index (κ2) is 12.0. The topological polar surface area (TPSA) is 52.9 Å². The van der Waals surface area contributed by atoms with Crippen LogP contribution in [0.5, 0.6) is 0 Å². The van der Waals surface area contributed by atoms with Gasteiger partial charge in [0, 0.05) is 55.7 Å². The molecule has 0 bridgehead atoms. The molecule has 0 saturated carbocycles. The number of carbonyl (C=O) groups excluding carboxylic acids is 1. The number of alkyl halides is 3. The summed E-state index contributed by atoms with van der Waals surface area (Å²) in [7, 11) is 2.00. The summed E-state index contributed by atoms with van der Waals surface area (Å²) in [5, 5.41) is 2.64. The number of benzene rings is 2. The van der Waals surface area contributed by atoms with Crippen LogP contribution in [-0.4, -0.2) is 58.3 Å². The number of aromatic nitrogens is 2. The Morgan fingerprint density at radius 3 is 2.50 bits per heavy atom. The Hall–Kier alpha value is -4.13. The van der Waals surface area contributed by atoms with Crippen molar-refractivity contribution in [1.29, 1.82) is 0 Å². The lowest BCUT2D eigenvalue weighted by atomic mass is 10.0. The van der Waals surface area contributed by atoms with Crippen molar-refractivity contribution in [3.05, 3.63) is 100.0 Å². The van der Waals surface area contributed by atoms with Gasteiger partial charge in [0.25, 0.3) is 5.91 Å². The van der Waals surface area contributed by atoms with Crippen LogP contribution in [0.1, 0.15) is 63.6 Å². The number of imidazole rings is 1. The predicted molar refractivity (Wildman–Crippen MR) is 159 cm³/mol. The zero-order chi connectivity index (χ0) is 30.0. The van der Waals surface area contributed by atoms with Gasteiger partial charge < -0.3 is 10.2 Å². The Morgan fingerprint density at radius 2 is 1.79 bits per heavy atom. The third kappa shape index (κ3) is 6.67. The van der Waals surface area contributed by atoms with Gasteiger partial charge in [0.2, 0.25) is 0 Å². The fourth-order valence-corrected chi connectivity index (χ4v) is 4.98. The fraction of sp³-hybridized carbons (Fsp3) is 0.333. The molecule has 1 fully saturated rings. The van der Waals surface area contributed by atoms with Crippen molar-refractivity contribution >= 4 is 17.2 Å². The number of amides is 1. The Bertz CT molecular complexity index is 1670. The van der Waals surface area contributed by atoms with Crippen LogP contribution in [0, 0.1) is 18.8 Å². The van der Waals surface area contributed by atoms with Crippen molar-refractivity contribution in [2.75, 3.05) is 38.5 Å². The first kappa shape index (κ1) is 29.4. The summed E-state index contributed by atoms with van der Waals surface area (Å²) in [6.45, 7) is 9.41. The van der Waals surface area contributed by atoms with Gasteiger partial charge in [0.1, 0.15) is 11.3 Å². The van der Waals surface area contributed by atoms with Crippen molar-refractivity contribution < 1.29 is 18.0 Å². The van der Waals surface area contributed by atoms with Crippen LogP contribution >= 0.6 is 0 Å². The molecule has 6 nitrogen and oxygen atoms in total. The van der Waals surface area contributed by atoms with E-state index in [1.165, 1.54) is 17.7 Å². The van der Waals surface area contributed by atoms with E-state index in [1.807, 2.05) is 41.6 Å². The molecule has 42 heavy (non-hydrogen) atoms. The molecule has 3 heterocycles. The zero-order valence-corrected chi connectivity index (χ0v) is 24.2. The number of hydrogen-bond acceptors (Lipinski definition) is 4. The summed E-state index contributed by atoms with van der Waals surface area (Å²) < 4.78 is 43.9. The minimum absolute atomic E-state index is 0.0918. The number of pyridine rings is 1. The van der Waals surface area contributed by atoms with Crippen LogP contribution in [0.15, 0.2) is 60.9 Å². The van der Waals surface area contributed by atoms with Crippen molar-refractivity contribution in [1.82, 2.24) is 19.2 Å². The standard InChI is InChI=1S/C33H34F3N5O/c1-22(2)24-11-12-41-29(20-37-31(41)18-24)10-8-25-17-26(6-5-23(25)3)32(42)38-28-9-7-27(30(19-28)33(34,35)36)21-40-15-13-39(4)14-16-40/h5-7,9,11-12,17-20,22H,13-16,21H2,1-4H3,(H,38,42). The van der Waals surface area contributed by atoms with Crippen LogP contribution in [0.25, 0.3) is 5.65 Å². The first-order chi connectivity index (χ1) is 20.0. The highest BCUT2D eigenvalue weighted by atomic mass is 19.4. The number of aryl methyl sites for hydroxylation is 1. The van der Waals surface area contributed by atoms with Crippen molar-refractivity contribution in [3.63, 3.8) is 0 Å². The average molecular weight is 574 g/mol. The number of halogens is 3. The average Bonchev–Trinajstić information content (AvgIpc) is 3.36. The normalized spacial score (nSPS) is 14.7. The SMILES string of the molecule is Cc1ccc(C(=O)Nc2ccc(CN3CCN(C)CC3)c(C(F)(F)F)c2)cc1C#Cc1cnc2cc(C(C)C)ccn12. The highest BCUT2D eigenvalue weighted by molar-refractivity contribution is 6.04. The molecule has 2 aromatic carbocycles. The first-order valence-electron chi connectivity index (χ1n) is 14.0. The largest absolute Gasteiger partial charge is 0.416 e. The van der Waals surface area contributed by atoms with Gasteiger partial charge >= 0.3 is 6.18 Å². The van der Waals surface area contributed by atoms with Crippen LogP contribution in [-0.2, 0) is 12.7 Å². The second-order valence-corrected chi connectivity index (χ2v) is 11.2. The van der Waals surface area contributed by atoms with Gasteiger partial charge in [-0.2, -0.15) is 13.2 Å². The molecule has 2 aromatic heterocycles. The lowest BCUT2D eigenvalue weighted by Gasteiger charge is -2.33. The van der Waals surface area contributed by atoms with E-state index >= 15 is 0 Å². The summed E-state index contributed by atoms with van der Waals surface area (Å²) in [5.74, 6) is 6.16. The molecule has 4 aromatic rings. The number of nitrogens with zero attached hydrogens (tertiary/aromatic N) is 4. The minimum atomic E-state index is -4.54. The van der Waals surface area contributed by atoms with E-state index < -0.39 is 17.6 Å². The quantitative estimate of drug-likeness (QED) is 0.290. The number of rotatable bonds is 5. The third-order valence-corrected chi connectivity index (χ3v) is 7.69. The van der Waals surface area contributed by atoms with E-state index in [2.05, 4.69) is 40.9 Å². The maximum atomic E-state index is 14.0. The maximum Gasteiger partial charge on any atom is 0.416 e. The number of carbonyl (C=O) groups is 1. The molecule has 1 aliphatic heterocycles. The Kier molecular flexibility index (Phi) is 8.39. The number of hydrogen-bond donors (Lipinski definition) is 1. The van der Waals surface area contributed by atoms with Gasteiger partial charge in [-0.25, -0.2) is 4.98 Å². The van der Waals surface area contributed by atoms with Crippen molar-refractivity contribution in [2.24, 2.45) is 0 Å². The van der Waals surface area contributed by atoms with E-state index in [4.69, 9.17) is 0 Å². The highest BCUT2D eigenvalue weighted by Crippen LogP contribution is 2.35. The minimum Gasteiger partial charge on any atom is -0.322 e. The van der Waals surface area contributed by atoms with Gasteiger partial charge in [0.15, 0.2) is 0 Å². The smallest absolute Gasteiger partial charge is 0.322 e. The molecule has 1 N–H and O–H groups in total. The molecule has 5 rings (SSSR count). The number of anilines is 1. The molecule has 0 radical (unpaired) electrons. The summed E-state index contributed by atoms with van der Waals surface area (Å²) in [5.41, 5.74) is 4.10. The van der Waals surface area contributed by atoms with E-state index in [9.17, 15) is 18.0 Å². The second-order valence-electron chi connectivity index (χ2n) is 11.2. The lowest BCUT2D eigenvalue weighted by Crippen LogP contribution is -2.44. The Morgan fingerprint density at radius 1 is 1.02 bits per heavy atom. The molecule has 1 amide bonds. The first-order valence-corrected chi connectivity index (χ1v) is 14.0. The van der Waals surface area contributed by atoms with E-state index in [1.54, 1.807) is 24.4 Å². The monoisotopic (exact) mass is 573 g/mol. The summed E-state index contributed by atoms with van der Waals surface area (Å²) in [4.78, 5) is 21.7. The molecule has 0 aliphatic carbocycles. The van der Waals surface area contributed by atoms with Gasteiger partial charge in [-0.1, -0.05) is 31.9 Å². The molecule has 0 spiro atoms. The van der Waals surface area contributed by atoms with Gasteiger partial charge in [-0.15, -0.1) is 0 Å². The molecule has 0 unspecified atom stereocenters. The molecule has 1 saturated heterocycles. The third-order valence-electron chi connectivity index (χ3n) is 7.69.